The van der Waals surface area contributed by atoms with Gasteiger partial charge in [0.2, 0.25) is 5.91 Å². The molecule has 0 saturated carbocycles. The summed E-state index contributed by atoms with van der Waals surface area (Å²) in [5, 5.41) is 2.90. The van der Waals surface area contributed by atoms with Crippen LogP contribution in [-0.4, -0.2) is 31.1 Å². The van der Waals surface area contributed by atoms with Crippen LogP contribution in [0.1, 0.15) is 51.4 Å². The summed E-state index contributed by atoms with van der Waals surface area (Å²) in [6.45, 7) is 10.6. The molecule has 0 aliphatic carbocycles. The maximum atomic E-state index is 12.9. The van der Waals surface area contributed by atoms with Crippen molar-refractivity contribution in [2.45, 2.75) is 47.1 Å². The van der Waals surface area contributed by atoms with Gasteiger partial charge in [0.15, 0.2) is 0 Å². The van der Waals surface area contributed by atoms with Gasteiger partial charge in [0, 0.05) is 23.9 Å². The van der Waals surface area contributed by atoms with Crippen LogP contribution >= 0.6 is 0 Å². The van der Waals surface area contributed by atoms with Gasteiger partial charge in [0.25, 0.3) is 5.91 Å². The first-order valence-electron chi connectivity index (χ1n) is 10.4. The van der Waals surface area contributed by atoms with E-state index in [1.807, 2.05) is 40.7 Å². The number of fused-ring (bicyclic) bond motifs is 1. The minimum atomic E-state index is -0.614. The number of hydrogen-bond acceptors (Lipinski definition) is 4. The van der Waals surface area contributed by atoms with Crippen molar-refractivity contribution in [2.24, 2.45) is 5.41 Å². The van der Waals surface area contributed by atoms with E-state index in [1.54, 1.807) is 41.3 Å². The van der Waals surface area contributed by atoms with E-state index >= 15 is 0 Å². The highest BCUT2D eigenvalue weighted by Gasteiger charge is 2.37. The summed E-state index contributed by atoms with van der Waals surface area (Å²) in [6.07, 6.45) is 0.921. The fraction of sp³-hybridized carbons (Fsp3) is 0.417. The number of anilines is 2. The van der Waals surface area contributed by atoms with E-state index in [0.717, 1.165) is 17.9 Å². The molecule has 0 aromatic heterocycles. The highest BCUT2D eigenvalue weighted by molar-refractivity contribution is 6.05. The Balaban J connectivity index is 1.80. The van der Waals surface area contributed by atoms with Crippen LogP contribution in [-0.2, 0) is 4.79 Å². The largest absolute Gasteiger partial charge is 0.491 e. The first kappa shape index (κ1) is 21.7. The molecule has 1 aliphatic heterocycles. The van der Waals surface area contributed by atoms with Crippen molar-refractivity contribution < 1.29 is 19.1 Å². The molecule has 0 saturated heterocycles. The van der Waals surface area contributed by atoms with Crippen LogP contribution < -0.4 is 19.7 Å². The maximum absolute atomic E-state index is 12.9. The Morgan fingerprint density at radius 3 is 2.53 bits per heavy atom. The third-order valence-corrected chi connectivity index (χ3v) is 4.86. The molecule has 3 rings (SSSR count). The summed E-state index contributed by atoms with van der Waals surface area (Å²) in [7, 11) is 0. The molecule has 1 N–H and O–H groups in total. The lowest BCUT2D eigenvalue weighted by atomic mass is 9.93. The number of benzene rings is 2. The highest BCUT2D eigenvalue weighted by Crippen LogP contribution is 2.38. The fourth-order valence-electron chi connectivity index (χ4n) is 3.33. The first-order chi connectivity index (χ1) is 14.2. The van der Waals surface area contributed by atoms with Gasteiger partial charge in [-0.3, -0.25) is 9.59 Å². The quantitative estimate of drug-likeness (QED) is 0.736. The zero-order valence-electron chi connectivity index (χ0n) is 18.3. The van der Waals surface area contributed by atoms with Crippen molar-refractivity contribution >= 4 is 23.2 Å². The van der Waals surface area contributed by atoms with Crippen LogP contribution in [0.2, 0.25) is 0 Å². The fourth-order valence-corrected chi connectivity index (χ4v) is 3.33. The number of carbonyl (C=O) groups is 2. The molecule has 0 atom stereocenters. The van der Waals surface area contributed by atoms with Crippen molar-refractivity contribution in [1.82, 2.24) is 0 Å². The Morgan fingerprint density at radius 1 is 1.20 bits per heavy atom. The Bertz CT molecular complexity index is 919. The van der Waals surface area contributed by atoms with Crippen LogP contribution in [0.4, 0.5) is 11.4 Å². The van der Waals surface area contributed by atoms with Gasteiger partial charge in [-0.1, -0.05) is 6.92 Å². The second-order valence-electron chi connectivity index (χ2n) is 8.46. The monoisotopic (exact) mass is 410 g/mol. The topological polar surface area (TPSA) is 67.9 Å². The van der Waals surface area contributed by atoms with E-state index in [0.29, 0.717) is 23.5 Å². The SMILES string of the molecule is CCCN1C(=O)C(C)(C)COc2cc(NC(=O)c3ccc(OC(C)C)cc3)ccc21. The molecular weight excluding hydrogens is 380 g/mol. The van der Waals surface area contributed by atoms with E-state index in [-0.39, 0.29) is 24.5 Å². The lowest BCUT2D eigenvalue weighted by Crippen LogP contribution is -2.42. The molecule has 0 unspecified atom stereocenters. The van der Waals surface area contributed by atoms with Crippen molar-refractivity contribution in [3.63, 3.8) is 0 Å². The van der Waals surface area contributed by atoms with Gasteiger partial charge < -0.3 is 19.7 Å². The van der Waals surface area contributed by atoms with Gasteiger partial charge >= 0.3 is 0 Å². The summed E-state index contributed by atoms with van der Waals surface area (Å²) < 4.78 is 11.6. The lowest BCUT2D eigenvalue weighted by molar-refractivity contribution is -0.127. The highest BCUT2D eigenvalue weighted by atomic mass is 16.5. The molecule has 2 aromatic rings. The van der Waals surface area contributed by atoms with Crippen molar-refractivity contribution in [3.8, 4) is 11.5 Å². The van der Waals surface area contributed by atoms with Gasteiger partial charge in [-0.15, -0.1) is 0 Å². The zero-order valence-corrected chi connectivity index (χ0v) is 18.3. The number of nitrogens with one attached hydrogen (secondary N) is 1. The van der Waals surface area contributed by atoms with Crippen LogP contribution in [0.15, 0.2) is 42.5 Å². The van der Waals surface area contributed by atoms with Gasteiger partial charge in [0.05, 0.1) is 17.2 Å². The molecule has 2 aromatic carbocycles. The van der Waals surface area contributed by atoms with Gasteiger partial charge in [-0.2, -0.15) is 0 Å². The number of nitrogens with zero attached hydrogens (tertiary/aromatic N) is 1. The molecule has 2 amide bonds. The molecule has 30 heavy (non-hydrogen) atoms. The van der Waals surface area contributed by atoms with Gasteiger partial charge in [0.1, 0.15) is 18.1 Å². The second kappa shape index (κ2) is 8.78. The number of ether oxygens (including phenoxy) is 2. The Morgan fingerprint density at radius 2 is 1.90 bits per heavy atom. The molecular formula is C24H30N2O4. The Hall–Kier alpha value is -3.02. The third kappa shape index (κ3) is 4.75. The average Bonchev–Trinajstić information content (AvgIpc) is 2.78. The number of amides is 2. The van der Waals surface area contributed by atoms with E-state index in [1.165, 1.54) is 0 Å². The van der Waals surface area contributed by atoms with E-state index < -0.39 is 5.41 Å². The maximum Gasteiger partial charge on any atom is 0.255 e. The van der Waals surface area contributed by atoms with E-state index in [4.69, 9.17) is 9.47 Å². The summed E-state index contributed by atoms with van der Waals surface area (Å²) in [5.41, 5.74) is 1.27. The molecule has 1 aliphatic rings. The number of carbonyl (C=O) groups excluding carboxylic acids is 2. The number of rotatable bonds is 6. The third-order valence-electron chi connectivity index (χ3n) is 4.86. The molecule has 1 heterocycles. The van der Waals surface area contributed by atoms with Gasteiger partial charge in [-0.25, -0.2) is 0 Å². The smallest absolute Gasteiger partial charge is 0.255 e. The van der Waals surface area contributed by atoms with Crippen LogP contribution in [0.3, 0.4) is 0 Å². The predicted octanol–water partition coefficient (Wildman–Crippen LogP) is 4.89. The summed E-state index contributed by atoms with van der Waals surface area (Å²) >= 11 is 0. The normalized spacial score (nSPS) is 15.3. The molecule has 0 fully saturated rings. The molecule has 6 heteroatoms. The molecule has 160 valence electrons. The van der Waals surface area contributed by atoms with Crippen LogP contribution in [0.5, 0.6) is 11.5 Å². The predicted molar refractivity (Wildman–Crippen MR) is 119 cm³/mol. The van der Waals surface area contributed by atoms with E-state index in [9.17, 15) is 9.59 Å². The van der Waals surface area contributed by atoms with Crippen LogP contribution in [0.25, 0.3) is 0 Å². The second-order valence-corrected chi connectivity index (χ2v) is 8.46. The number of hydrogen-bond donors (Lipinski definition) is 1. The summed E-state index contributed by atoms with van der Waals surface area (Å²) in [5.74, 6) is 1.15. The van der Waals surface area contributed by atoms with Crippen molar-refractivity contribution in [1.29, 1.82) is 0 Å². The first-order valence-corrected chi connectivity index (χ1v) is 10.4. The molecule has 0 spiro atoms. The van der Waals surface area contributed by atoms with Gasteiger partial charge in [-0.05, 0) is 70.5 Å². The standard InChI is InChI=1S/C24H30N2O4/c1-6-13-26-20-12-9-18(14-21(20)29-15-24(4,5)23(26)28)25-22(27)17-7-10-19(11-8-17)30-16(2)3/h7-12,14,16H,6,13,15H2,1-5H3,(H,25,27). The molecule has 0 bridgehead atoms. The minimum Gasteiger partial charge on any atom is -0.491 e. The van der Waals surface area contributed by atoms with Crippen molar-refractivity contribution in [3.05, 3.63) is 48.0 Å². The molecule has 6 nitrogen and oxygen atoms in total. The van der Waals surface area contributed by atoms with Crippen molar-refractivity contribution in [2.75, 3.05) is 23.4 Å². The van der Waals surface area contributed by atoms with E-state index in [2.05, 4.69) is 5.32 Å². The molecule has 0 radical (unpaired) electrons. The summed E-state index contributed by atoms with van der Waals surface area (Å²) in [6, 6.07) is 12.4. The minimum absolute atomic E-state index is 0.0450. The van der Waals surface area contributed by atoms with Crippen LogP contribution in [0, 0.1) is 5.41 Å². The Labute approximate surface area is 178 Å². The Kier molecular flexibility index (Phi) is 6.34. The summed E-state index contributed by atoms with van der Waals surface area (Å²) in [4.78, 5) is 27.4. The zero-order chi connectivity index (χ0) is 21.9. The average molecular weight is 411 g/mol. The lowest BCUT2D eigenvalue weighted by Gasteiger charge is -2.27.